The fourth-order valence-corrected chi connectivity index (χ4v) is 5.40. The summed E-state index contributed by atoms with van der Waals surface area (Å²) in [4.78, 5) is 14.0. The van der Waals surface area contributed by atoms with Crippen molar-refractivity contribution in [3.05, 3.63) is 52.0 Å². The maximum absolute atomic E-state index is 14.9. The van der Waals surface area contributed by atoms with Gasteiger partial charge in [0.1, 0.15) is 5.76 Å². The molecule has 2 amide bonds. The van der Waals surface area contributed by atoms with Gasteiger partial charge in [0, 0.05) is 22.7 Å². The number of benzene rings is 1. The predicted octanol–water partition coefficient (Wildman–Crippen LogP) is 7.96. The van der Waals surface area contributed by atoms with E-state index in [0.717, 1.165) is 49.3 Å². The molecule has 7 heteroatoms. The number of halogens is 1. The molecule has 1 aromatic heterocycles. The summed E-state index contributed by atoms with van der Waals surface area (Å²) in [5, 5.41) is 5.51. The highest BCUT2D eigenvalue weighted by atomic mass is 32.1. The molecule has 0 bridgehead atoms. The van der Waals surface area contributed by atoms with Gasteiger partial charge in [-0.3, -0.25) is 0 Å². The molecule has 1 fully saturated rings. The van der Waals surface area contributed by atoms with Gasteiger partial charge >= 0.3 is 6.03 Å². The molecule has 2 aliphatic rings. The topological polar surface area (TPSA) is 76.4 Å². The summed E-state index contributed by atoms with van der Waals surface area (Å²) in [5.41, 5.74) is 8.83. The molecule has 4 N–H and O–H groups in total. The number of hydrogen-bond acceptors (Lipinski definition) is 4. The number of ether oxygens (including phenoxy) is 1. The average molecular weight is 498 g/mol. The largest absolute Gasteiger partial charge is 0.453 e. The Kier molecular flexibility index (Phi) is 8.50. The van der Waals surface area contributed by atoms with E-state index in [9.17, 15) is 9.18 Å². The van der Waals surface area contributed by atoms with Crippen molar-refractivity contribution in [2.75, 3.05) is 11.1 Å². The van der Waals surface area contributed by atoms with Crippen molar-refractivity contribution in [1.29, 1.82) is 0 Å². The van der Waals surface area contributed by atoms with Gasteiger partial charge < -0.3 is 21.1 Å². The van der Waals surface area contributed by atoms with E-state index in [0.29, 0.717) is 17.1 Å². The van der Waals surface area contributed by atoms with Crippen LogP contribution in [0.15, 0.2) is 36.4 Å². The van der Waals surface area contributed by atoms with Gasteiger partial charge in [-0.1, -0.05) is 32.8 Å². The molecule has 2 aromatic rings. The number of nitrogens with two attached hydrogens (primary N) is 1. The second-order valence-electron chi connectivity index (χ2n) is 9.50. The quantitative estimate of drug-likeness (QED) is 0.308. The number of thiophene rings is 1. The predicted molar refractivity (Wildman–Crippen MR) is 144 cm³/mol. The lowest BCUT2D eigenvalue weighted by molar-refractivity contribution is 0.251. The molecule has 35 heavy (non-hydrogen) atoms. The molecule has 0 radical (unpaired) electrons. The van der Waals surface area contributed by atoms with Gasteiger partial charge in [0.2, 0.25) is 0 Å². The number of carbonyl (C=O) groups excluding carboxylic acids is 1. The second-order valence-corrected chi connectivity index (χ2v) is 10.6. The lowest BCUT2D eigenvalue weighted by Gasteiger charge is -2.12. The summed E-state index contributed by atoms with van der Waals surface area (Å²) >= 11 is 1.62. The van der Waals surface area contributed by atoms with Gasteiger partial charge in [-0.2, -0.15) is 0 Å². The number of unbranched alkanes of at least 4 members (excludes halogenated alkanes) is 1. The van der Waals surface area contributed by atoms with Crippen LogP contribution in [0.2, 0.25) is 0 Å². The molecule has 0 spiro atoms. The van der Waals surface area contributed by atoms with Crippen molar-refractivity contribution in [3.8, 4) is 5.75 Å². The van der Waals surface area contributed by atoms with Crippen LogP contribution < -0.4 is 21.1 Å². The molecule has 1 unspecified atom stereocenters. The number of anilines is 2. The van der Waals surface area contributed by atoms with Gasteiger partial charge in [0.25, 0.3) is 0 Å². The Labute approximate surface area is 211 Å². The molecular formula is C28H36FN3O2S. The monoisotopic (exact) mass is 497 g/mol. The minimum atomic E-state index is -0.538. The van der Waals surface area contributed by atoms with Crippen molar-refractivity contribution < 1.29 is 13.9 Å². The van der Waals surface area contributed by atoms with Crippen molar-refractivity contribution in [1.82, 2.24) is 5.32 Å². The van der Waals surface area contributed by atoms with E-state index in [1.165, 1.54) is 35.8 Å². The van der Waals surface area contributed by atoms with Crippen LogP contribution in [0.5, 0.6) is 5.75 Å². The Morgan fingerprint density at radius 2 is 2.09 bits per heavy atom. The molecule has 1 aromatic carbocycles. The first-order chi connectivity index (χ1) is 17.0. The summed E-state index contributed by atoms with van der Waals surface area (Å²) in [6.45, 7) is 4.35. The van der Waals surface area contributed by atoms with Crippen molar-refractivity contribution in [2.45, 2.75) is 77.7 Å². The van der Waals surface area contributed by atoms with E-state index < -0.39 is 5.82 Å². The maximum atomic E-state index is 14.9. The zero-order valence-electron chi connectivity index (χ0n) is 20.7. The Morgan fingerprint density at radius 3 is 2.80 bits per heavy atom. The van der Waals surface area contributed by atoms with E-state index in [2.05, 4.69) is 30.6 Å². The van der Waals surface area contributed by atoms with Crippen LogP contribution in [-0.2, 0) is 0 Å². The minimum absolute atomic E-state index is 0.106. The first-order valence-corrected chi connectivity index (χ1v) is 13.6. The molecule has 2 aliphatic carbocycles. The first-order valence-electron chi connectivity index (χ1n) is 12.8. The van der Waals surface area contributed by atoms with Crippen LogP contribution in [0.3, 0.4) is 0 Å². The number of nitrogens with one attached hydrogen (secondary N) is 2. The second kappa shape index (κ2) is 11.8. The van der Waals surface area contributed by atoms with E-state index in [1.54, 1.807) is 23.5 Å². The highest BCUT2D eigenvalue weighted by Gasteiger charge is 2.23. The fraction of sp³-hybridized carbons (Fsp3) is 0.464. The number of nitrogen functional groups attached to an aromatic ring is 1. The van der Waals surface area contributed by atoms with E-state index in [1.807, 2.05) is 12.1 Å². The highest BCUT2D eigenvalue weighted by molar-refractivity contribution is 7.14. The van der Waals surface area contributed by atoms with Crippen LogP contribution in [0, 0.1) is 11.7 Å². The third-order valence-electron chi connectivity index (χ3n) is 6.58. The summed E-state index contributed by atoms with van der Waals surface area (Å²) < 4.78 is 21.0. The Bertz CT molecular complexity index is 1100. The lowest BCUT2D eigenvalue weighted by Crippen LogP contribution is -2.30. The standard InChI is InChI=1S/C28H36FN3O2S/c1-3-5-9-25(27-23(30)17-26(35-27)19-8-6-7-18(4-2)10-11-19)34-24-15-14-21(16-22(24)29)32-28(33)31-20-12-13-20/h9,11,14-18,20H,3-8,10,12-13,30H2,1-2H3,(H2,31,32,33). The molecule has 1 atom stereocenters. The number of urea groups is 1. The Hall–Kier alpha value is -2.80. The Balaban J connectivity index is 1.52. The molecule has 188 valence electrons. The molecule has 0 aliphatic heterocycles. The zero-order valence-corrected chi connectivity index (χ0v) is 21.5. The van der Waals surface area contributed by atoms with Crippen molar-refractivity contribution >= 4 is 40.1 Å². The smallest absolute Gasteiger partial charge is 0.319 e. The molecule has 1 heterocycles. The molecule has 1 saturated carbocycles. The molecule has 5 nitrogen and oxygen atoms in total. The number of hydrogen-bond donors (Lipinski definition) is 3. The van der Waals surface area contributed by atoms with Crippen LogP contribution >= 0.6 is 11.3 Å². The Morgan fingerprint density at radius 1 is 1.26 bits per heavy atom. The number of allylic oxidation sites excluding steroid dienone is 3. The lowest BCUT2D eigenvalue weighted by atomic mass is 9.98. The van der Waals surface area contributed by atoms with Crippen LogP contribution in [-0.4, -0.2) is 12.1 Å². The average Bonchev–Trinajstić information content (AvgIpc) is 3.61. The van der Waals surface area contributed by atoms with E-state index in [4.69, 9.17) is 10.5 Å². The van der Waals surface area contributed by atoms with Crippen LogP contribution in [0.25, 0.3) is 11.3 Å². The van der Waals surface area contributed by atoms with Crippen molar-refractivity contribution in [2.24, 2.45) is 5.92 Å². The summed E-state index contributed by atoms with van der Waals surface area (Å²) in [6, 6.07) is 6.42. The first kappa shape index (κ1) is 25.3. The van der Waals surface area contributed by atoms with Crippen molar-refractivity contribution in [3.63, 3.8) is 0 Å². The minimum Gasteiger partial charge on any atom is -0.453 e. The van der Waals surface area contributed by atoms with Gasteiger partial charge in [-0.05, 0) is 80.7 Å². The molecular weight excluding hydrogens is 461 g/mol. The van der Waals surface area contributed by atoms with E-state index >= 15 is 0 Å². The summed E-state index contributed by atoms with van der Waals surface area (Å²) in [6.07, 6.45) is 13.9. The van der Waals surface area contributed by atoms with Crippen LogP contribution in [0.1, 0.15) is 81.4 Å². The van der Waals surface area contributed by atoms with Gasteiger partial charge in [-0.25, -0.2) is 9.18 Å². The van der Waals surface area contributed by atoms with Gasteiger partial charge in [0.05, 0.1) is 10.6 Å². The third kappa shape index (κ3) is 6.88. The third-order valence-corrected chi connectivity index (χ3v) is 7.82. The number of carbonyl (C=O) groups is 1. The highest BCUT2D eigenvalue weighted by Crippen LogP contribution is 2.40. The number of amides is 2. The molecule has 0 saturated heterocycles. The zero-order chi connectivity index (χ0) is 24.8. The maximum Gasteiger partial charge on any atom is 0.319 e. The van der Waals surface area contributed by atoms with E-state index in [-0.39, 0.29) is 17.8 Å². The van der Waals surface area contributed by atoms with Gasteiger partial charge in [0.15, 0.2) is 11.6 Å². The van der Waals surface area contributed by atoms with Crippen LogP contribution in [0.4, 0.5) is 20.6 Å². The summed E-state index contributed by atoms with van der Waals surface area (Å²) in [7, 11) is 0. The van der Waals surface area contributed by atoms with Gasteiger partial charge in [-0.15, -0.1) is 11.3 Å². The fourth-order valence-electron chi connectivity index (χ4n) is 4.28. The number of rotatable bonds is 9. The normalized spacial score (nSPS) is 18.5. The molecule has 4 rings (SSSR count). The summed E-state index contributed by atoms with van der Waals surface area (Å²) in [5.74, 6) is 0.901. The SMILES string of the molecule is CCCC=C(Oc1ccc(NC(=O)NC2CC2)cc1F)c1sc(C2=CCC(CC)CCC2)cc1N.